The maximum atomic E-state index is 12.5. The highest BCUT2D eigenvalue weighted by atomic mass is 16.5. The minimum absolute atomic E-state index is 0.0440. The Kier molecular flexibility index (Phi) is 4.35. The van der Waals surface area contributed by atoms with Gasteiger partial charge in [0, 0.05) is 20.1 Å². The van der Waals surface area contributed by atoms with Crippen LogP contribution in [-0.2, 0) is 4.79 Å². The molecule has 1 aliphatic heterocycles. The molecule has 21 heavy (non-hydrogen) atoms. The lowest BCUT2D eigenvalue weighted by atomic mass is 9.99. The first-order chi connectivity index (χ1) is 9.95. The summed E-state index contributed by atoms with van der Waals surface area (Å²) in [6, 6.07) is 7.03. The fraction of sp³-hybridized carbons (Fsp3) is 0.467. The van der Waals surface area contributed by atoms with Crippen molar-refractivity contribution >= 4 is 17.7 Å². The molecular weight excluding hydrogens is 272 g/mol. The van der Waals surface area contributed by atoms with Crippen LogP contribution in [0.25, 0.3) is 0 Å². The molecule has 0 saturated carbocycles. The molecule has 0 radical (unpaired) electrons. The molecule has 6 heteroatoms. The van der Waals surface area contributed by atoms with Gasteiger partial charge < -0.3 is 14.7 Å². The molecule has 0 spiro atoms. The molecule has 1 aromatic rings. The summed E-state index contributed by atoms with van der Waals surface area (Å²) in [5.41, 5.74) is 0.663. The number of ether oxygens (including phenoxy) is 1. The van der Waals surface area contributed by atoms with Crippen LogP contribution in [-0.4, -0.2) is 49.3 Å². The predicted molar refractivity (Wildman–Crippen MR) is 78.7 cm³/mol. The van der Waals surface area contributed by atoms with Crippen molar-refractivity contribution in [3.05, 3.63) is 24.3 Å². The molecule has 1 N–H and O–H groups in total. The number of likely N-dealkylation sites (tertiary alicyclic amines) is 1. The lowest BCUT2D eigenvalue weighted by Crippen LogP contribution is -2.40. The number of anilines is 1. The Bertz CT molecular complexity index is 546. The quantitative estimate of drug-likeness (QED) is 0.923. The first-order valence-corrected chi connectivity index (χ1v) is 6.84. The van der Waals surface area contributed by atoms with Crippen molar-refractivity contribution in [3.8, 4) is 5.75 Å². The Morgan fingerprint density at radius 3 is 2.57 bits per heavy atom. The summed E-state index contributed by atoms with van der Waals surface area (Å²) < 4.78 is 5.25. The summed E-state index contributed by atoms with van der Waals surface area (Å²) >= 11 is 0. The van der Waals surface area contributed by atoms with Gasteiger partial charge in [0.2, 0.25) is 0 Å². The summed E-state index contributed by atoms with van der Waals surface area (Å²) in [7, 11) is 3.22. The normalized spacial score (nSPS) is 21.2. The molecule has 1 aliphatic rings. The number of carbonyl (C=O) groups excluding carboxylic acids is 1. The van der Waals surface area contributed by atoms with Crippen LogP contribution >= 0.6 is 0 Å². The van der Waals surface area contributed by atoms with E-state index in [-0.39, 0.29) is 18.5 Å². The number of hydrogen-bond donors (Lipinski definition) is 1. The van der Waals surface area contributed by atoms with Crippen LogP contribution in [0.15, 0.2) is 24.3 Å². The fourth-order valence-corrected chi connectivity index (χ4v) is 2.67. The zero-order valence-electron chi connectivity index (χ0n) is 12.4. The van der Waals surface area contributed by atoms with Gasteiger partial charge >= 0.3 is 12.0 Å². The number of carboxylic acid groups (broad SMARTS) is 1. The summed E-state index contributed by atoms with van der Waals surface area (Å²) in [6.07, 6.45) is 0. The molecular formula is C15H20N2O4. The number of hydrogen-bond acceptors (Lipinski definition) is 3. The van der Waals surface area contributed by atoms with E-state index in [9.17, 15) is 9.59 Å². The van der Waals surface area contributed by atoms with E-state index in [0.29, 0.717) is 18.0 Å². The maximum Gasteiger partial charge on any atom is 0.324 e. The molecule has 1 heterocycles. The zero-order chi connectivity index (χ0) is 15.6. The van der Waals surface area contributed by atoms with E-state index in [2.05, 4.69) is 0 Å². The van der Waals surface area contributed by atoms with E-state index in [0.717, 1.165) is 0 Å². The van der Waals surface area contributed by atoms with Gasteiger partial charge in [-0.1, -0.05) is 19.1 Å². The number of rotatable bonds is 3. The van der Waals surface area contributed by atoms with E-state index >= 15 is 0 Å². The third-order valence-electron chi connectivity index (χ3n) is 3.93. The van der Waals surface area contributed by atoms with Crippen molar-refractivity contribution in [2.75, 3.05) is 32.1 Å². The smallest absolute Gasteiger partial charge is 0.324 e. The fourth-order valence-electron chi connectivity index (χ4n) is 2.67. The number of amides is 2. The second-order valence-corrected chi connectivity index (χ2v) is 5.34. The van der Waals surface area contributed by atoms with Crippen LogP contribution in [0, 0.1) is 11.8 Å². The average Bonchev–Trinajstić information content (AvgIpc) is 2.87. The number of carbonyl (C=O) groups is 2. The lowest BCUT2D eigenvalue weighted by Gasteiger charge is -2.25. The van der Waals surface area contributed by atoms with Crippen molar-refractivity contribution in [1.29, 1.82) is 0 Å². The third kappa shape index (κ3) is 2.94. The Hall–Kier alpha value is -2.24. The molecule has 2 rings (SSSR count). The molecule has 0 aromatic heterocycles. The molecule has 0 bridgehead atoms. The highest BCUT2D eigenvalue weighted by molar-refractivity contribution is 5.93. The van der Waals surface area contributed by atoms with Gasteiger partial charge in [0.25, 0.3) is 0 Å². The van der Waals surface area contributed by atoms with Crippen LogP contribution in [0.4, 0.5) is 10.5 Å². The Labute approximate surface area is 123 Å². The first-order valence-electron chi connectivity index (χ1n) is 6.84. The van der Waals surface area contributed by atoms with E-state index in [1.807, 2.05) is 19.1 Å². The van der Waals surface area contributed by atoms with Gasteiger partial charge in [-0.05, 0) is 18.1 Å². The van der Waals surface area contributed by atoms with Gasteiger partial charge in [0.15, 0.2) is 0 Å². The molecule has 0 unspecified atom stereocenters. The number of aliphatic carboxylic acids is 1. The topological polar surface area (TPSA) is 70.1 Å². The first kappa shape index (κ1) is 15.2. The van der Waals surface area contributed by atoms with Crippen LogP contribution < -0.4 is 9.64 Å². The zero-order valence-corrected chi connectivity index (χ0v) is 12.4. The van der Waals surface area contributed by atoms with Crippen molar-refractivity contribution in [2.24, 2.45) is 11.8 Å². The average molecular weight is 292 g/mol. The van der Waals surface area contributed by atoms with Crippen LogP contribution in [0.1, 0.15) is 6.92 Å². The Morgan fingerprint density at radius 2 is 2.00 bits per heavy atom. The van der Waals surface area contributed by atoms with Crippen molar-refractivity contribution in [2.45, 2.75) is 6.92 Å². The minimum Gasteiger partial charge on any atom is -0.495 e. The number of urea groups is 1. The second-order valence-electron chi connectivity index (χ2n) is 5.34. The number of benzene rings is 1. The molecule has 1 aromatic carbocycles. The minimum atomic E-state index is -0.849. The molecule has 0 aliphatic carbocycles. The molecule has 6 nitrogen and oxygen atoms in total. The maximum absolute atomic E-state index is 12.5. The summed E-state index contributed by atoms with van der Waals surface area (Å²) in [5, 5.41) is 9.15. The number of carboxylic acids is 1. The van der Waals surface area contributed by atoms with Crippen molar-refractivity contribution < 1.29 is 19.4 Å². The summed E-state index contributed by atoms with van der Waals surface area (Å²) in [4.78, 5) is 26.8. The number of methoxy groups -OCH3 is 1. The summed E-state index contributed by atoms with van der Waals surface area (Å²) in [6.45, 7) is 2.55. The molecule has 1 fully saturated rings. The molecule has 114 valence electrons. The SMILES string of the molecule is COc1ccccc1N(C)C(=O)N1C[C@@H](C)[C@H](C(=O)O)C1. The van der Waals surface area contributed by atoms with E-state index in [1.165, 1.54) is 4.90 Å². The third-order valence-corrected chi connectivity index (χ3v) is 3.93. The van der Waals surface area contributed by atoms with Crippen molar-refractivity contribution in [1.82, 2.24) is 4.90 Å². The number of nitrogens with zero attached hydrogens (tertiary/aromatic N) is 2. The van der Waals surface area contributed by atoms with Crippen LogP contribution in [0.3, 0.4) is 0 Å². The Morgan fingerprint density at radius 1 is 1.33 bits per heavy atom. The van der Waals surface area contributed by atoms with Gasteiger partial charge in [-0.3, -0.25) is 9.69 Å². The molecule has 2 atom stereocenters. The van der Waals surface area contributed by atoms with Gasteiger partial charge in [0.05, 0.1) is 18.7 Å². The van der Waals surface area contributed by atoms with Crippen LogP contribution in [0.2, 0.25) is 0 Å². The van der Waals surface area contributed by atoms with Gasteiger partial charge in [-0.25, -0.2) is 4.79 Å². The second kappa shape index (κ2) is 6.03. The monoisotopic (exact) mass is 292 g/mol. The standard InChI is InChI=1S/C15H20N2O4/c1-10-8-17(9-11(10)14(18)19)15(20)16(2)12-6-4-5-7-13(12)21-3/h4-7,10-11H,8-9H2,1-3H3,(H,18,19)/t10-,11-/m1/s1. The van der Waals surface area contributed by atoms with Gasteiger partial charge in [-0.2, -0.15) is 0 Å². The largest absolute Gasteiger partial charge is 0.495 e. The molecule has 1 saturated heterocycles. The Balaban J connectivity index is 2.15. The predicted octanol–water partition coefficient (Wildman–Crippen LogP) is 1.90. The van der Waals surface area contributed by atoms with Crippen LogP contribution in [0.5, 0.6) is 5.75 Å². The van der Waals surface area contributed by atoms with E-state index in [1.54, 1.807) is 31.2 Å². The number of para-hydroxylation sites is 2. The highest BCUT2D eigenvalue weighted by Gasteiger charge is 2.38. The van der Waals surface area contributed by atoms with Gasteiger partial charge in [0.1, 0.15) is 5.75 Å². The van der Waals surface area contributed by atoms with E-state index in [4.69, 9.17) is 9.84 Å². The summed E-state index contributed by atoms with van der Waals surface area (Å²) in [5.74, 6) is -0.786. The van der Waals surface area contributed by atoms with E-state index < -0.39 is 11.9 Å². The molecule has 2 amide bonds. The van der Waals surface area contributed by atoms with Crippen molar-refractivity contribution in [3.63, 3.8) is 0 Å². The highest BCUT2D eigenvalue weighted by Crippen LogP contribution is 2.29. The lowest BCUT2D eigenvalue weighted by molar-refractivity contribution is -0.142. The van der Waals surface area contributed by atoms with Gasteiger partial charge in [-0.15, -0.1) is 0 Å².